The van der Waals surface area contributed by atoms with E-state index < -0.39 is 5.97 Å². The lowest BCUT2D eigenvalue weighted by Crippen LogP contribution is -2.15. The summed E-state index contributed by atoms with van der Waals surface area (Å²) in [6.07, 6.45) is -0.213. The summed E-state index contributed by atoms with van der Waals surface area (Å²) in [6.45, 7) is 7.06. The van der Waals surface area contributed by atoms with E-state index >= 15 is 0 Å². The molecule has 0 bridgehead atoms. The molecule has 23 heavy (non-hydrogen) atoms. The summed E-state index contributed by atoms with van der Waals surface area (Å²) in [5, 5.41) is 2.81. The molecule has 0 fully saturated rings. The van der Waals surface area contributed by atoms with Gasteiger partial charge in [-0.3, -0.25) is 4.79 Å². The molecule has 0 spiro atoms. The third-order valence-electron chi connectivity index (χ3n) is 3.29. The van der Waals surface area contributed by atoms with Crippen LogP contribution in [0.1, 0.15) is 46.0 Å². The van der Waals surface area contributed by atoms with E-state index in [9.17, 15) is 9.59 Å². The summed E-state index contributed by atoms with van der Waals surface area (Å²) in [5.74, 6) is -0.722. The summed E-state index contributed by atoms with van der Waals surface area (Å²) in [4.78, 5) is 27.6. The number of benzene rings is 1. The molecule has 0 saturated heterocycles. The third kappa shape index (κ3) is 4.01. The first-order chi connectivity index (χ1) is 10.8. The zero-order valence-corrected chi connectivity index (χ0v) is 15.1. The standard InChI is InChI=1S/C17H19BrN2O3/c1-9(2)23-17(22)14-10(3)15(19-11(14)4)16(21)20-13-7-5-6-12(18)8-13/h5-9,19H,1-4H3,(H,20,21). The number of aryl methyl sites for hydroxylation is 1. The van der Waals surface area contributed by atoms with Crippen molar-refractivity contribution in [2.75, 3.05) is 5.32 Å². The third-order valence-corrected chi connectivity index (χ3v) is 3.79. The molecule has 122 valence electrons. The first kappa shape index (κ1) is 17.3. The average molecular weight is 379 g/mol. The van der Waals surface area contributed by atoms with E-state index in [2.05, 4.69) is 26.2 Å². The van der Waals surface area contributed by atoms with Gasteiger partial charge in [-0.1, -0.05) is 22.0 Å². The monoisotopic (exact) mass is 378 g/mol. The number of nitrogens with one attached hydrogen (secondary N) is 2. The van der Waals surface area contributed by atoms with Crippen molar-refractivity contribution in [3.05, 3.63) is 51.3 Å². The molecule has 2 rings (SSSR count). The molecule has 0 aliphatic heterocycles. The SMILES string of the molecule is Cc1[nH]c(C(=O)Nc2cccc(Br)c2)c(C)c1C(=O)OC(C)C. The molecule has 5 nitrogen and oxygen atoms in total. The summed E-state index contributed by atoms with van der Waals surface area (Å²) in [5.41, 5.74) is 2.65. The zero-order valence-electron chi connectivity index (χ0n) is 13.5. The zero-order chi connectivity index (χ0) is 17.1. The number of hydrogen-bond donors (Lipinski definition) is 2. The van der Waals surface area contributed by atoms with Crippen molar-refractivity contribution in [2.24, 2.45) is 0 Å². The lowest BCUT2D eigenvalue weighted by atomic mass is 10.1. The smallest absolute Gasteiger partial charge is 0.340 e. The van der Waals surface area contributed by atoms with Gasteiger partial charge < -0.3 is 15.0 Å². The number of esters is 1. The van der Waals surface area contributed by atoms with Crippen molar-refractivity contribution in [2.45, 2.75) is 33.8 Å². The summed E-state index contributed by atoms with van der Waals surface area (Å²) in [6, 6.07) is 7.30. The summed E-state index contributed by atoms with van der Waals surface area (Å²) in [7, 11) is 0. The Morgan fingerprint density at radius 1 is 1.26 bits per heavy atom. The van der Waals surface area contributed by atoms with Crippen LogP contribution in [0.25, 0.3) is 0 Å². The van der Waals surface area contributed by atoms with Crippen LogP contribution in [0.2, 0.25) is 0 Å². The molecular formula is C17H19BrN2O3. The summed E-state index contributed by atoms with van der Waals surface area (Å²) >= 11 is 3.36. The van der Waals surface area contributed by atoms with Gasteiger partial charge >= 0.3 is 5.97 Å². The average Bonchev–Trinajstić information content (AvgIpc) is 2.73. The predicted molar refractivity (Wildman–Crippen MR) is 92.9 cm³/mol. The van der Waals surface area contributed by atoms with Crippen LogP contribution in [0.3, 0.4) is 0 Å². The van der Waals surface area contributed by atoms with Gasteiger partial charge in [0.15, 0.2) is 0 Å². The Hall–Kier alpha value is -2.08. The second kappa shape index (κ2) is 7.00. The van der Waals surface area contributed by atoms with E-state index in [0.717, 1.165) is 4.47 Å². The number of ether oxygens (including phenoxy) is 1. The second-order valence-corrected chi connectivity index (χ2v) is 6.46. The molecule has 0 aliphatic carbocycles. The first-order valence-electron chi connectivity index (χ1n) is 7.26. The van der Waals surface area contributed by atoms with E-state index in [-0.39, 0.29) is 12.0 Å². The number of rotatable bonds is 4. The lowest BCUT2D eigenvalue weighted by molar-refractivity contribution is 0.0376. The Morgan fingerprint density at radius 3 is 2.57 bits per heavy atom. The number of halogens is 1. The number of aromatic amines is 1. The maximum absolute atomic E-state index is 12.4. The number of H-pyrrole nitrogens is 1. The molecule has 1 aromatic heterocycles. The lowest BCUT2D eigenvalue weighted by Gasteiger charge is -2.08. The van der Waals surface area contributed by atoms with E-state index in [0.29, 0.717) is 28.2 Å². The Balaban J connectivity index is 2.27. The molecular weight excluding hydrogens is 360 g/mol. The number of aromatic nitrogens is 1. The first-order valence-corrected chi connectivity index (χ1v) is 8.06. The van der Waals surface area contributed by atoms with Gasteiger partial charge in [0.2, 0.25) is 0 Å². The minimum absolute atomic E-state index is 0.213. The molecule has 0 aliphatic rings. The van der Waals surface area contributed by atoms with Crippen molar-refractivity contribution in [3.8, 4) is 0 Å². The highest BCUT2D eigenvalue weighted by atomic mass is 79.9. The van der Waals surface area contributed by atoms with Gasteiger partial charge in [0, 0.05) is 15.9 Å². The fourth-order valence-electron chi connectivity index (χ4n) is 2.32. The fourth-order valence-corrected chi connectivity index (χ4v) is 2.72. The molecule has 1 amide bonds. The molecule has 1 aromatic carbocycles. The van der Waals surface area contributed by atoms with Crippen LogP contribution >= 0.6 is 15.9 Å². The Morgan fingerprint density at radius 2 is 1.96 bits per heavy atom. The molecule has 0 unspecified atom stereocenters. The van der Waals surface area contributed by atoms with E-state index in [1.807, 2.05) is 12.1 Å². The van der Waals surface area contributed by atoms with E-state index in [1.54, 1.807) is 39.8 Å². The summed E-state index contributed by atoms with van der Waals surface area (Å²) < 4.78 is 6.10. The van der Waals surface area contributed by atoms with Crippen LogP contribution in [0, 0.1) is 13.8 Å². The van der Waals surface area contributed by atoms with Gasteiger partial charge in [0.1, 0.15) is 5.69 Å². The number of carbonyl (C=O) groups excluding carboxylic acids is 2. The van der Waals surface area contributed by atoms with Crippen molar-refractivity contribution < 1.29 is 14.3 Å². The largest absolute Gasteiger partial charge is 0.459 e. The number of anilines is 1. The van der Waals surface area contributed by atoms with E-state index in [4.69, 9.17) is 4.74 Å². The Bertz CT molecular complexity index is 750. The highest BCUT2D eigenvalue weighted by Gasteiger charge is 2.23. The van der Waals surface area contributed by atoms with Crippen molar-refractivity contribution in [3.63, 3.8) is 0 Å². The second-order valence-electron chi connectivity index (χ2n) is 5.54. The van der Waals surface area contributed by atoms with Gasteiger partial charge in [-0.15, -0.1) is 0 Å². The highest BCUT2D eigenvalue weighted by Crippen LogP contribution is 2.22. The number of amides is 1. The Labute approximate surface area is 143 Å². The van der Waals surface area contributed by atoms with Crippen LogP contribution in [0.5, 0.6) is 0 Å². The molecule has 6 heteroatoms. The van der Waals surface area contributed by atoms with Gasteiger partial charge in [-0.25, -0.2) is 4.79 Å². The van der Waals surface area contributed by atoms with Crippen LogP contribution in [-0.2, 0) is 4.74 Å². The molecule has 2 N–H and O–H groups in total. The molecule has 0 atom stereocenters. The van der Waals surface area contributed by atoms with Gasteiger partial charge in [-0.2, -0.15) is 0 Å². The van der Waals surface area contributed by atoms with Gasteiger partial charge in [0.05, 0.1) is 11.7 Å². The van der Waals surface area contributed by atoms with Crippen LogP contribution < -0.4 is 5.32 Å². The van der Waals surface area contributed by atoms with Crippen LogP contribution in [-0.4, -0.2) is 23.0 Å². The van der Waals surface area contributed by atoms with Crippen LogP contribution in [0.4, 0.5) is 5.69 Å². The molecule has 0 radical (unpaired) electrons. The van der Waals surface area contributed by atoms with Gasteiger partial charge in [-0.05, 0) is 51.5 Å². The fraction of sp³-hybridized carbons (Fsp3) is 0.294. The minimum atomic E-state index is -0.423. The molecule has 0 saturated carbocycles. The molecule has 2 aromatic rings. The predicted octanol–water partition coefficient (Wildman–Crippen LogP) is 4.21. The maximum atomic E-state index is 12.4. The normalized spacial score (nSPS) is 10.7. The Kier molecular flexibility index (Phi) is 5.26. The number of carbonyl (C=O) groups is 2. The van der Waals surface area contributed by atoms with Crippen LogP contribution in [0.15, 0.2) is 28.7 Å². The quantitative estimate of drug-likeness (QED) is 0.782. The highest BCUT2D eigenvalue weighted by molar-refractivity contribution is 9.10. The van der Waals surface area contributed by atoms with Crippen molar-refractivity contribution in [1.82, 2.24) is 4.98 Å². The van der Waals surface area contributed by atoms with E-state index in [1.165, 1.54) is 0 Å². The maximum Gasteiger partial charge on any atom is 0.340 e. The van der Waals surface area contributed by atoms with Gasteiger partial charge in [0.25, 0.3) is 5.91 Å². The molecule has 1 heterocycles. The minimum Gasteiger partial charge on any atom is -0.459 e. The van der Waals surface area contributed by atoms with Crippen molar-refractivity contribution >= 4 is 33.5 Å². The topological polar surface area (TPSA) is 71.2 Å². The number of hydrogen-bond acceptors (Lipinski definition) is 3. The van der Waals surface area contributed by atoms with Crippen molar-refractivity contribution in [1.29, 1.82) is 0 Å².